The van der Waals surface area contributed by atoms with Gasteiger partial charge in [0.2, 0.25) is 5.91 Å². The van der Waals surface area contributed by atoms with Crippen molar-refractivity contribution >= 4 is 22.5 Å². The van der Waals surface area contributed by atoms with E-state index < -0.39 is 11.2 Å². The van der Waals surface area contributed by atoms with E-state index in [4.69, 9.17) is 0 Å². The minimum atomic E-state index is -0.604. The molecule has 0 unspecified atom stereocenters. The van der Waals surface area contributed by atoms with Crippen LogP contribution in [0.4, 0.5) is 5.69 Å². The predicted octanol–water partition coefficient (Wildman–Crippen LogP) is 1.64. The van der Waals surface area contributed by atoms with Crippen LogP contribution in [0.25, 0.3) is 10.9 Å². The highest BCUT2D eigenvalue weighted by Crippen LogP contribution is 2.10. The number of H-pyrrole nitrogens is 1. The average molecular weight is 309 g/mol. The monoisotopic (exact) mass is 309 g/mol. The van der Waals surface area contributed by atoms with E-state index in [-0.39, 0.29) is 12.5 Å². The zero-order valence-electron chi connectivity index (χ0n) is 12.5. The maximum absolute atomic E-state index is 12.2. The number of nitrogens with one attached hydrogen (secondary N) is 2. The first-order valence-electron chi connectivity index (χ1n) is 7.13. The molecular formula is C17H15N3O3. The van der Waals surface area contributed by atoms with E-state index in [1.54, 1.807) is 36.4 Å². The number of amides is 1. The van der Waals surface area contributed by atoms with Crippen molar-refractivity contribution < 1.29 is 4.79 Å². The van der Waals surface area contributed by atoms with Gasteiger partial charge in [-0.05, 0) is 31.2 Å². The Morgan fingerprint density at radius 3 is 2.52 bits per heavy atom. The molecule has 6 heteroatoms. The van der Waals surface area contributed by atoms with Crippen LogP contribution in [0.15, 0.2) is 58.1 Å². The number of hydrogen-bond donors (Lipinski definition) is 2. The summed E-state index contributed by atoms with van der Waals surface area (Å²) in [4.78, 5) is 38.2. The normalized spacial score (nSPS) is 10.7. The minimum Gasteiger partial charge on any atom is -0.325 e. The summed E-state index contributed by atoms with van der Waals surface area (Å²) >= 11 is 0. The summed E-state index contributed by atoms with van der Waals surface area (Å²) in [5.74, 6) is -0.340. The van der Waals surface area contributed by atoms with Crippen molar-refractivity contribution in [2.45, 2.75) is 13.5 Å². The van der Waals surface area contributed by atoms with Crippen LogP contribution in [-0.2, 0) is 11.3 Å². The first kappa shape index (κ1) is 14.8. The quantitative estimate of drug-likeness (QED) is 0.771. The zero-order valence-corrected chi connectivity index (χ0v) is 12.5. The van der Waals surface area contributed by atoms with Gasteiger partial charge in [0.25, 0.3) is 5.56 Å². The Morgan fingerprint density at radius 2 is 1.78 bits per heavy atom. The van der Waals surface area contributed by atoms with Crippen LogP contribution >= 0.6 is 0 Å². The molecule has 0 aliphatic heterocycles. The van der Waals surface area contributed by atoms with E-state index in [0.29, 0.717) is 16.6 Å². The molecule has 0 spiro atoms. The van der Waals surface area contributed by atoms with Gasteiger partial charge in [0, 0.05) is 5.69 Å². The first-order chi connectivity index (χ1) is 11.0. The van der Waals surface area contributed by atoms with Crippen molar-refractivity contribution in [3.05, 3.63) is 74.9 Å². The van der Waals surface area contributed by atoms with E-state index in [0.717, 1.165) is 5.56 Å². The molecule has 3 aromatic rings. The molecule has 6 nitrogen and oxygen atoms in total. The third-order valence-electron chi connectivity index (χ3n) is 3.54. The second kappa shape index (κ2) is 5.92. The van der Waals surface area contributed by atoms with Crippen molar-refractivity contribution in [1.29, 1.82) is 0 Å². The molecule has 0 saturated heterocycles. The third kappa shape index (κ3) is 3.06. The molecule has 0 fully saturated rings. The molecule has 0 radical (unpaired) electrons. The molecule has 0 aliphatic rings. The van der Waals surface area contributed by atoms with Crippen LogP contribution < -0.4 is 16.6 Å². The lowest BCUT2D eigenvalue weighted by molar-refractivity contribution is -0.116. The van der Waals surface area contributed by atoms with E-state index in [2.05, 4.69) is 10.3 Å². The predicted molar refractivity (Wildman–Crippen MR) is 88.6 cm³/mol. The van der Waals surface area contributed by atoms with Crippen LogP contribution in [0.3, 0.4) is 0 Å². The van der Waals surface area contributed by atoms with Gasteiger partial charge in [-0.25, -0.2) is 4.79 Å². The fourth-order valence-electron chi connectivity index (χ4n) is 2.38. The van der Waals surface area contributed by atoms with Gasteiger partial charge < -0.3 is 5.32 Å². The van der Waals surface area contributed by atoms with E-state index in [1.807, 2.05) is 19.1 Å². The second-order valence-corrected chi connectivity index (χ2v) is 5.28. The van der Waals surface area contributed by atoms with Crippen molar-refractivity contribution in [3.63, 3.8) is 0 Å². The summed E-state index contributed by atoms with van der Waals surface area (Å²) in [6.45, 7) is 1.78. The highest BCUT2D eigenvalue weighted by Gasteiger charge is 2.10. The van der Waals surface area contributed by atoms with Crippen LogP contribution in [0.1, 0.15) is 5.56 Å². The molecule has 1 heterocycles. The molecule has 0 aliphatic carbocycles. The molecule has 1 aromatic heterocycles. The Bertz CT molecular complexity index is 984. The molecule has 0 saturated carbocycles. The van der Waals surface area contributed by atoms with E-state index in [9.17, 15) is 14.4 Å². The first-order valence-corrected chi connectivity index (χ1v) is 7.13. The zero-order chi connectivity index (χ0) is 16.4. The number of carbonyl (C=O) groups is 1. The fourth-order valence-corrected chi connectivity index (χ4v) is 2.38. The Labute approximate surface area is 131 Å². The fraction of sp³-hybridized carbons (Fsp3) is 0.118. The van der Waals surface area contributed by atoms with Gasteiger partial charge in [-0.2, -0.15) is 0 Å². The Morgan fingerprint density at radius 1 is 1.09 bits per heavy atom. The summed E-state index contributed by atoms with van der Waals surface area (Å²) in [5, 5.41) is 3.10. The van der Waals surface area contributed by atoms with Gasteiger partial charge >= 0.3 is 5.69 Å². The Balaban J connectivity index is 1.92. The molecule has 3 rings (SSSR count). The van der Waals surface area contributed by atoms with Crippen LogP contribution in [0, 0.1) is 6.92 Å². The van der Waals surface area contributed by atoms with Gasteiger partial charge in [-0.15, -0.1) is 0 Å². The molecular weight excluding hydrogens is 294 g/mol. The molecule has 0 bridgehead atoms. The number of rotatable bonds is 3. The van der Waals surface area contributed by atoms with Crippen LogP contribution in [-0.4, -0.2) is 15.5 Å². The number of aryl methyl sites for hydroxylation is 1. The van der Waals surface area contributed by atoms with Gasteiger partial charge in [0.1, 0.15) is 6.54 Å². The summed E-state index contributed by atoms with van der Waals surface area (Å²) in [6.07, 6.45) is 0. The number of nitrogens with zero attached hydrogens (tertiary/aromatic N) is 1. The highest BCUT2D eigenvalue weighted by molar-refractivity contribution is 5.91. The number of aromatic amines is 1. The number of anilines is 1. The molecule has 23 heavy (non-hydrogen) atoms. The second-order valence-electron chi connectivity index (χ2n) is 5.28. The van der Waals surface area contributed by atoms with E-state index in [1.165, 1.54) is 4.57 Å². The third-order valence-corrected chi connectivity index (χ3v) is 3.54. The topological polar surface area (TPSA) is 84.0 Å². The molecule has 1 amide bonds. The SMILES string of the molecule is Cc1ccc(NC(=O)Cn2c(=O)[nH]c(=O)c3ccccc32)cc1. The summed E-state index contributed by atoms with van der Waals surface area (Å²) < 4.78 is 1.25. The highest BCUT2D eigenvalue weighted by atomic mass is 16.2. The van der Waals surface area contributed by atoms with Crippen molar-refractivity contribution in [2.24, 2.45) is 0 Å². The maximum atomic E-state index is 12.2. The lowest BCUT2D eigenvalue weighted by Crippen LogP contribution is -2.33. The van der Waals surface area contributed by atoms with Gasteiger partial charge in [0.15, 0.2) is 0 Å². The van der Waals surface area contributed by atoms with Crippen molar-refractivity contribution in [1.82, 2.24) is 9.55 Å². The number of para-hydroxylation sites is 1. The molecule has 2 N–H and O–H groups in total. The number of fused-ring (bicyclic) bond motifs is 1. The smallest absolute Gasteiger partial charge is 0.325 e. The summed E-state index contributed by atoms with van der Waals surface area (Å²) in [6, 6.07) is 14.0. The average Bonchev–Trinajstić information content (AvgIpc) is 2.54. The van der Waals surface area contributed by atoms with E-state index >= 15 is 0 Å². The number of hydrogen-bond acceptors (Lipinski definition) is 3. The van der Waals surface area contributed by atoms with Gasteiger partial charge in [-0.1, -0.05) is 29.8 Å². The number of aromatic nitrogens is 2. The van der Waals surface area contributed by atoms with Gasteiger partial charge in [-0.3, -0.25) is 19.1 Å². The van der Waals surface area contributed by atoms with Crippen molar-refractivity contribution in [2.75, 3.05) is 5.32 Å². The standard InChI is InChI=1S/C17H15N3O3/c1-11-6-8-12(9-7-11)18-15(21)10-20-14-5-3-2-4-13(14)16(22)19-17(20)23/h2-9H,10H2,1H3,(H,18,21)(H,19,22,23). The molecule has 2 aromatic carbocycles. The maximum Gasteiger partial charge on any atom is 0.329 e. The van der Waals surface area contributed by atoms with Gasteiger partial charge in [0.05, 0.1) is 10.9 Å². The minimum absolute atomic E-state index is 0.177. The summed E-state index contributed by atoms with van der Waals surface area (Å²) in [7, 11) is 0. The van der Waals surface area contributed by atoms with Crippen LogP contribution in [0.2, 0.25) is 0 Å². The summed E-state index contributed by atoms with van der Waals surface area (Å²) in [5.41, 5.74) is 1.11. The molecule has 116 valence electrons. The Kier molecular flexibility index (Phi) is 3.80. The lowest BCUT2D eigenvalue weighted by Gasteiger charge is -2.10. The van der Waals surface area contributed by atoms with Crippen LogP contribution in [0.5, 0.6) is 0 Å². The lowest BCUT2D eigenvalue weighted by atomic mass is 10.2. The molecule has 0 atom stereocenters. The number of carbonyl (C=O) groups excluding carboxylic acids is 1. The Hall–Kier alpha value is -3.15. The van der Waals surface area contributed by atoms with Crippen molar-refractivity contribution in [3.8, 4) is 0 Å². The largest absolute Gasteiger partial charge is 0.329 e. The number of benzene rings is 2.